The molecule has 0 saturated carbocycles. The minimum atomic E-state index is -0.241. The maximum atomic E-state index is 13.1. The third kappa shape index (κ3) is 4.08. The zero-order chi connectivity index (χ0) is 21.8. The molecule has 5 nitrogen and oxygen atoms in total. The van der Waals surface area contributed by atoms with Crippen molar-refractivity contribution in [2.75, 3.05) is 7.11 Å². The highest BCUT2D eigenvalue weighted by molar-refractivity contribution is 6.02. The summed E-state index contributed by atoms with van der Waals surface area (Å²) in [5.41, 5.74) is 3.13. The highest BCUT2D eigenvalue weighted by atomic mass is 16.5. The smallest absolute Gasteiger partial charge is 0.261 e. The Bertz CT molecular complexity index is 1300. The molecule has 31 heavy (non-hydrogen) atoms. The van der Waals surface area contributed by atoms with Crippen molar-refractivity contribution in [2.24, 2.45) is 4.99 Å². The summed E-state index contributed by atoms with van der Waals surface area (Å²) in [4.78, 5) is 17.8. The largest absolute Gasteiger partial charge is 0.497 e. The SMILES string of the molecule is CCc1ccccc1N=Cc1c(O)n(Cc2ccc(OC)cc2)c(=O)c2ccccc12. The van der Waals surface area contributed by atoms with E-state index in [0.717, 1.165) is 29.0 Å². The van der Waals surface area contributed by atoms with Gasteiger partial charge in [-0.2, -0.15) is 0 Å². The van der Waals surface area contributed by atoms with Crippen molar-refractivity contribution in [3.05, 3.63) is 99.8 Å². The maximum Gasteiger partial charge on any atom is 0.261 e. The summed E-state index contributed by atoms with van der Waals surface area (Å²) in [6.45, 7) is 2.32. The minimum absolute atomic E-state index is 0.0998. The number of hydrogen-bond acceptors (Lipinski definition) is 4. The van der Waals surface area contributed by atoms with Crippen LogP contribution < -0.4 is 10.3 Å². The normalized spacial score (nSPS) is 11.3. The van der Waals surface area contributed by atoms with E-state index < -0.39 is 0 Å². The Balaban J connectivity index is 1.84. The molecule has 156 valence electrons. The van der Waals surface area contributed by atoms with Crippen molar-refractivity contribution < 1.29 is 9.84 Å². The van der Waals surface area contributed by atoms with E-state index in [-0.39, 0.29) is 18.0 Å². The predicted molar refractivity (Wildman–Crippen MR) is 125 cm³/mol. The molecule has 1 heterocycles. The number of para-hydroxylation sites is 1. The molecule has 0 atom stereocenters. The van der Waals surface area contributed by atoms with E-state index in [1.54, 1.807) is 19.4 Å². The summed E-state index contributed by atoms with van der Waals surface area (Å²) in [5.74, 6) is 0.637. The van der Waals surface area contributed by atoms with Gasteiger partial charge in [0.15, 0.2) is 0 Å². The number of aromatic nitrogens is 1. The van der Waals surface area contributed by atoms with Gasteiger partial charge >= 0.3 is 0 Å². The number of rotatable bonds is 6. The molecule has 0 unspecified atom stereocenters. The fourth-order valence-corrected chi connectivity index (χ4v) is 3.67. The zero-order valence-electron chi connectivity index (χ0n) is 17.6. The van der Waals surface area contributed by atoms with Gasteiger partial charge < -0.3 is 9.84 Å². The molecule has 0 aliphatic rings. The Morgan fingerprint density at radius 1 is 0.968 bits per heavy atom. The van der Waals surface area contributed by atoms with Crippen LogP contribution in [0.2, 0.25) is 0 Å². The van der Waals surface area contributed by atoms with Gasteiger partial charge in [-0.05, 0) is 41.8 Å². The third-order valence-electron chi connectivity index (χ3n) is 5.39. The van der Waals surface area contributed by atoms with Crippen molar-refractivity contribution in [3.63, 3.8) is 0 Å². The number of aryl methyl sites for hydroxylation is 1. The molecule has 0 aliphatic heterocycles. The van der Waals surface area contributed by atoms with Gasteiger partial charge in [-0.3, -0.25) is 14.4 Å². The molecule has 0 fully saturated rings. The van der Waals surface area contributed by atoms with E-state index in [9.17, 15) is 9.90 Å². The number of nitrogens with zero attached hydrogens (tertiary/aromatic N) is 2. The fraction of sp³-hybridized carbons (Fsp3) is 0.154. The lowest BCUT2D eigenvalue weighted by Gasteiger charge is -2.14. The number of methoxy groups -OCH3 is 1. The van der Waals surface area contributed by atoms with Gasteiger partial charge in [0.25, 0.3) is 5.56 Å². The van der Waals surface area contributed by atoms with Gasteiger partial charge in [-0.15, -0.1) is 0 Å². The molecule has 3 aromatic carbocycles. The van der Waals surface area contributed by atoms with Crippen LogP contribution >= 0.6 is 0 Å². The van der Waals surface area contributed by atoms with E-state index in [2.05, 4.69) is 11.9 Å². The minimum Gasteiger partial charge on any atom is -0.497 e. The first-order valence-corrected chi connectivity index (χ1v) is 10.2. The van der Waals surface area contributed by atoms with Crippen molar-refractivity contribution >= 4 is 22.7 Å². The van der Waals surface area contributed by atoms with Gasteiger partial charge in [0.1, 0.15) is 5.75 Å². The second-order valence-corrected chi connectivity index (χ2v) is 7.26. The molecule has 0 amide bonds. The second kappa shape index (κ2) is 8.88. The molecule has 0 spiro atoms. The van der Waals surface area contributed by atoms with Gasteiger partial charge in [0.2, 0.25) is 5.88 Å². The lowest BCUT2D eigenvalue weighted by Crippen LogP contribution is -2.22. The Morgan fingerprint density at radius 2 is 1.65 bits per heavy atom. The summed E-state index contributed by atoms with van der Waals surface area (Å²) in [7, 11) is 1.61. The van der Waals surface area contributed by atoms with Crippen LogP contribution in [0.4, 0.5) is 5.69 Å². The van der Waals surface area contributed by atoms with Crippen LogP contribution in [0.15, 0.2) is 82.6 Å². The Kier molecular flexibility index (Phi) is 5.85. The van der Waals surface area contributed by atoms with Crippen LogP contribution in [0.1, 0.15) is 23.6 Å². The van der Waals surface area contributed by atoms with Crippen LogP contribution in [0.3, 0.4) is 0 Å². The van der Waals surface area contributed by atoms with E-state index in [4.69, 9.17) is 4.74 Å². The Labute approximate surface area is 180 Å². The molecule has 0 radical (unpaired) electrons. The summed E-state index contributed by atoms with van der Waals surface area (Å²) < 4.78 is 6.59. The number of benzene rings is 3. The van der Waals surface area contributed by atoms with Gasteiger partial charge in [0, 0.05) is 17.0 Å². The molecule has 1 aromatic heterocycles. The monoisotopic (exact) mass is 412 g/mol. The molecular weight excluding hydrogens is 388 g/mol. The summed E-state index contributed by atoms with van der Waals surface area (Å²) in [6.07, 6.45) is 2.51. The summed E-state index contributed by atoms with van der Waals surface area (Å²) in [6, 6.07) is 22.6. The van der Waals surface area contributed by atoms with Gasteiger partial charge in [0.05, 0.1) is 24.9 Å². The number of hydrogen-bond donors (Lipinski definition) is 1. The van der Waals surface area contributed by atoms with Crippen molar-refractivity contribution in [1.82, 2.24) is 4.57 Å². The van der Waals surface area contributed by atoms with Crippen LogP contribution in [0, 0.1) is 0 Å². The van der Waals surface area contributed by atoms with Crippen LogP contribution in [-0.2, 0) is 13.0 Å². The van der Waals surface area contributed by atoms with E-state index in [1.165, 1.54) is 4.57 Å². The quantitative estimate of drug-likeness (QED) is 0.449. The maximum absolute atomic E-state index is 13.1. The van der Waals surface area contributed by atoms with Crippen molar-refractivity contribution in [1.29, 1.82) is 0 Å². The first-order valence-electron chi connectivity index (χ1n) is 10.2. The summed E-state index contributed by atoms with van der Waals surface area (Å²) in [5, 5.41) is 12.3. The lowest BCUT2D eigenvalue weighted by atomic mass is 10.1. The van der Waals surface area contributed by atoms with Gasteiger partial charge in [-0.25, -0.2) is 0 Å². The zero-order valence-corrected chi connectivity index (χ0v) is 17.6. The van der Waals surface area contributed by atoms with Crippen molar-refractivity contribution in [3.8, 4) is 11.6 Å². The molecule has 0 aliphatic carbocycles. The molecule has 0 saturated heterocycles. The van der Waals surface area contributed by atoms with Crippen LogP contribution in [0.25, 0.3) is 10.8 Å². The summed E-state index contributed by atoms with van der Waals surface area (Å²) >= 11 is 0. The standard InChI is InChI=1S/C26H24N2O3/c1-3-19-8-4-7-11-24(19)27-16-23-21-9-5-6-10-22(21)25(29)28(26(23)30)17-18-12-14-20(31-2)15-13-18/h4-16,30H,3,17H2,1-2H3. The second-order valence-electron chi connectivity index (χ2n) is 7.26. The predicted octanol–water partition coefficient (Wildman–Crippen LogP) is 5.08. The number of fused-ring (bicyclic) bond motifs is 1. The van der Waals surface area contributed by atoms with E-state index >= 15 is 0 Å². The topological polar surface area (TPSA) is 63.8 Å². The highest BCUT2D eigenvalue weighted by Gasteiger charge is 2.15. The van der Waals surface area contributed by atoms with E-state index in [1.807, 2.05) is 66.7 Å². The molecule has 5 heteroatoms. The number of aromatic hydroxyl groups is 1. The van der Waals surface area contributed by atoms with Gasteiger partial charge in [-0.1, -0.05) is 55.5 Å². The molecular formula is C26H24N2O3. The lowest BCUT2D eigenvalue weighted by molar-refractivity contribution is 0.412. The van der Waals surface area contributed by atoms with Crippen molar-refractivity contribution in [2.45, 2.75) is 19.9 Å². The van der Waals surface area contributed by atoms with Crippen LogP contribution in [-0.4, -0.2) is 23.0 Å². The number of ether oxygens (including phenoxy) is 1. The Hall–Kier alpha value is -3.86. The average Bonchev–Trinajstić information content (AvgIpc) is 2.82. The fourth-order valence-electron chi connectivity index (χ4n) is 3.67. The number of pyridine rings is 1. The molecule has 4 aromatic rings. The third-order valence-corrected chi connectivity index (χ3v) is 5.39. The Morgan fingerprint density at radius 3 is 2.35 bits per heavy atom. The van der Waals surface area contributed by atoms with Crippen LogP contribution in [0.5, 0.6) is 11.6 Å². The molecule has 4 rings (SSSR count). The molecule has 0 bridgehead atoms. The first-order chi connectivity index (χ1) is 15.1. The number of aliphatic imine (C=N–C) groups is 1. The average molecular weight is 412 g/mol. The van der Waals surface area contributed by atoms with E-state index in [0.29, 0.717) is 16.3 Å². The first kappa shape index (κ1) is 20.4. The highest BCUT2D eigenvalue weighted by Crippen LogP contribution is 2.26. The molecule has 1 N–H and O–H groups in total.